The molecule has 1 heterocycles. The Labute approximate surface area is 171 Å². The maximum absolute atomic E-state index is 12.8. The summed E-state index contributed by atoms with van der Waals surface area (Å²) in [5, 5.41) is 0. The largest absolute Gasteiger partial charge is 0.573 e. The quantitative estimate of drug-likeness (QED) is 0.775. The molecule has 3 atom stereocenters. The molecule has 4 rings (SSSR count). The fourth-order valence-electron chi connectivity index (χ4n) is 4.18. The highest BCUT2D eigenvalue weighted by Gasteiger charge is 2.47. The first-order valence-corrected chi connectivity index (χ1v) is 10.8. The van der Waals surface area contributed by atoms with Crippen molar-refractivity contribution >= 4 is 15.9 Å². The molecule has 1 saturated heterocycles. The van der Waals surface area contributed by atoms with Gasteiger partial charge in [-0.25, -0.2) is 13.1 Å². The van der Waals surface area contributed by atoms with Crippen LogP contribution in [0.4, 0.5) is 13.2 Å². The summed E-state index contributed by atoms with van der Waals surface area (Å²) in [5.74, 6) is -0.687. The van der Waals surface area contributed by atoms with Gasteiger partial charge in [-0.3, -0.25) is 4.79 Å². The average Bonchev–Trinajstić information content (AvgIpc) is 3.27. The molecule has 1 aliphatic heterocycles. The van der Waals surface area contributed by atoms with Crippen LogP contribution < -0.4 is 9.46 Å². The van der Waals surface area contributed by atoms with E-state index in [0.717, 1.165) is 12.1 Å². The number of alkyl halides is 3. The predicted molar refractivity (Wildman–Crippen MR) is 101 cm³/mol. The van der Waals surface area contributed by atoms with Crippen molar-refractivity contribution in [3.8, 4) is 5.75 Å². The van der Waals surface area contributed by atoms with Gasteiger partial charge in [-0.05, 0) is 55.2 Å². The van der Waals surface area contributed by atoms with Crippen molar-refractivity contribution < 1.29 is 31.1 Å². The number of sulfonamides is 1. The van der Waals surface area contributed by atoms with Crippen molar-refractivity contribution in [3.63, 3.8) is 0 Å². The van der Waals surface area contributed by atoms with Crippen LogP contribution in [0.15, 0.2) is 59.5 Å². The number of benzene rings is 2. The van der Waals surface area contributed by atoms with Crippen LogP contribution in [0.3, 0.4) is 0 Å². The summed E-state index contributed by atoms with van der Waals surface area (Å²) in [5.41, 5.74) is 0.262. The lowest BCUT2D eigenvalue weighted by atomic mass is 10.0. The number of nitrogens with one attached hydrogen (secondary N) is 1. The number of carbonyl (C=O) groups is 1. The third kappa shape index (κ3) is 4.29. The fraction of sp³-hybridized carbons (Fsp3) is 0.350. The predicted octanol–water partition coefficient (Wildman–Crippen LogP) is 3.17. The van der Waals surface area contributed by atoms with Crippen molar-refractivity contribution in [2.24, 2.45) is 5.92 Å². The Kier molecular flexibility index (Phi) is 5.23. The van der Waals surface area contributed by atoms with Gasteiger partial charge in [-0.1, -0.05) is 18.2 Å². The molecular formula is C20H19F3N2O4S. The highest BCUT2D eigenvalue weighted by atomic mass is 32.2. The maximum Gasteiger partial charge on any atom is 0.573 e. The number of hydrogen-bond acceptors (Lipinski definition) is 4. The molecular weight excluding hydrogens is 421 g/mol. The Morgan fingerprint density at radius 2 is 1.70 bits per heavy atom. The summed E-state index contributed by atoms with van der Waals surface area (Å²) < 4.78 is 68.5. The number of piperidine rings is 1. The Bertz CT molecular complexity index is 1030. The first-order valence-electron chi connectivity index (χ1n) is 9.36. The number of likely N-dealkylation sites (tertiary alicyclic amines) is 1. The maximum atomic E-state index is 12.8. The number of fused-ring (bicyclic) bond motifs is 2. The minimum atomic E-state index is -4.79. The number of amides is 1. The van der Waals surface area contributed by atoms with Gasteiger partial charge in [0, 0.05) is 24.2 Å². The summed E-state index contributed by atoms with van der Waals surface area (Å²) >= 11 is 0. The lowest BCUT2D eigenvalue weighted by Gasteiger charge is -2.32. The third-order valence-electron chi connectivity index (χ3n) is 5.50. The van der Waals surface area contributed by atoms with Crippen LogP contribution in [-0.4, -0.2) is 44.2 Å². The Hall–Kier alpha value is -2.59. The first kappa shape index (κ1) is 20.7. The highest BCUT2D eigenvalue weighted by molar-refractivity contribution is 7.89. The van der Waals surface area contributed by atoms with Crippen molar-refractivity contribution in [2.75, 3.05) is 6.54 Å². The van der Waals surface area contributed by atoms with Gasteiger partial charge in [0.15, 0.2) is 0 Å². The first-order chi connectivity index (χ1) is 14.1. The van der Waals surface area contributed by atoms with Gasteiger partial charge >= 0.3 is 6.36 Å². The van der Waals surface area contributed by atoms with Gasteiger partial charge in [0.05, 0.1) is 4.90 Å². The van der Waals surface area contributed by atoms with Crippen LogP contribution in [-0.2, 0) is 10.0 Å². The van der Waals surface area contributed by atoms with Crippen molar-refractivity contribution in [3.05, 3.63) is 60.2 Å². The lowest BCUT2D eigenvalue weighted by molar-refractivity contribution is -0.274. The fourth-order valence-corrected chi connectivity index (χ4v) is 5.52. The standard InChI is InChI=1S/C20H19F3N2O4S/c21-20(22,23)29-16-8-6-13(7-9-16)19(26)25-12-14-10-15(25)11-18(14)24-30(27,28)17-4-2-1-3-5-17/h1-9,14-15,18,24H,10-12H2/t14-,15-,18-/m0/s1. The number of hydrogen-bond donors (Lipinski definition) is 1. The van der Waals surface area contributed by atoms with E-state index in [0.29, 0.717) is 19.4 Å². The second kappa shape index (κ2) is 7.59. The van der Waals surface area contributed by atoms with E-state index in [2.05, 4.69) is 9.46 Å². The molecule has 0 aromatic heterocycles. The number of rotatable bonds is 5. The number of nitrogens with zero attached hydrogens (tertiary/aromatic N) is 1. The SMILES string of the molecule is O=C(c1ccc(OC(F)(F)F)cc1)N1C[C@@H]2C[C@H]1C[C@@H]2NS(=O)(=O)c1ccccc1. The average molecular weight is 440 g/mol. The van der Waals surface area contributed by atoms with E-state index < -0.39 is 22.1 Å². The third-order valence-corrected chi connectivity index (χ3v) is 7.00. The number of carbonyl (C=O) groups excluding carboxylic acids is 1. The van der Waals surface area contributed by atoms with Gasteiger partial charge in [0.25, 0.3) is 5.91 Å². The zero-order valence-electron chi connectivity index (χ0n) is 15.7. The molecule has 10 heteroatoms. The molecule has 1 saturated carbocycles. The lowest BCUT2D eigenvalue weighted by Crippen LogP contribution is -2.47. The van der Waals surface area contributed by atoms with Crippen LogP contribution in [0.1, 0.15) is 23.2 Å². The summed E-state index contributed by atoms with van der Waals surface area (Å²) in [6.45, 7) is 0.395. The summed E-state index contributed by atoms with van der Waals surface area (Å²) in [6, 6.07) is 12.5. The molecule has 160 valence electrons. The van der Waals surface area contributed by atoms with E-state index in [1.165, 1.54) is 24.3 Å². The smallest absolute Gasteiger partial charge is 0.406 e. The Morgan fingerprint density at radius 1 is 1.03 bits per heavy atom. The van der Waals surface area contributed by atoms with E-state index in [4.69, 9.17) is 0 Å². The van der Waals surface area contributed by atoms with Crippen molar-refractivity contribution in [1.82, 2.24) is 9.62 Å². The van der Waals surface area contributed by atoms with Gasteiger partial charge in [0.2, 0.25) is 10.0 Å². The highest BCUT2D eigenvalue weighted by Crippen LogP contribution is 2.39. The molecule has 2 aromatic rings. The molecule has 2 aromatic carbocycles. The minimum absolute atomic E-state index is 0.00901. The molecule has 2 aliphatic rings. The topological polar surface area (TPSA) is 75.7 Å². The van der Waals surface area contributed by atoms with E-state index in [9.17, 15) is 26.4 Å². The van der Waals surface area contributed by atoms with Crippen LogP contribution in [0, 0.1) is 5.92 Å². The van der Waals surface area contributed by atoms with Gasteiger partial charge in [-0.2, -0.15) is 0 Å². The number of halogens is 3. The molecule has 30 heavy (non-hydrogen) atoms. The molecule has 6 nitrogen and oxygen atoms in total. The van der Waals surface area contributed by atoms with E-state index in [1.54, 1.807) is 23.1 Å². The van der Waals surface area contributed by atoms with E-state index in [1.807, 2.05) is 0 Å². The summed E-state index contributed by atoms with van der Waals surface area (Å²) in [6.07, 6.45) is -3.61. The van der Waals surface area contributed by atoms with Gasteiger partial charge < -0.3 is 9.64 Å². The molecule has 1 N–H and O–H groups in total. The molecule has 1 amide bonds. The van der Waals surface area contributed by atoms with E-state index >= 15 is 0 Å². The second-order valence-corrected chi connectivity index (χ2v) is 9.17. The van der Waals surface area contributed by atoms with Crippen LogP contribution >= 0.6 is 0 Å². The zero-order chi connectivity index (χ0) is 21.5. The normalized spacial score (nSPS) is 23.6. The summed E-state index contributed by atoms with van der Waals surface area (Å²) in [7, 11) is -3.64. The van der Waals surface area contributed by atoms with Crippen LogP contribution in [0.5, 0.6) is 5.75 Å². The Balaban J connectivity index is 1.39. The van der Waals surface area contributed by atoms with Gasteiger partial charge in [0.1, 0.15) is 5.75 Å². The minimum Gasteiger partial charge on any atom is -0.406 e. The molecule has 2 bridgehead atoms. The van der Waals surface area contributed by atoms with Crippen LogP contribution in [0.25, 0.3) is 0 Å². The molecule has 0 spiro atoms. The molecule has 0 radical (unpaired) electrons. The monoisotopic (exact) mass is 440 g/mol. The van der Waals surface area contributed by atoms with Gasteiger partial charge in [-0.15, -0.1) is 13.2 Å². The van der Waals surface area contributed by atoms with E-state index in [-0.39, 0.29) is 34.4 Å². The van der Waals surface area contributed by atoms with Crippen molar-refractivity contribution in [1.29, 1.82) is 0 Å². The zero-order valence-corrected chi connectivity index (χ0v) is 16.5. The molecule has 1 aliphatic carbocycles. The van der Waals surface area contributed by atoms with Crippen molar-refractivity contribution in [2.45, 2.75) is 36.2 Å². The second-order valence-electron chi connectivity index (χ2n) is 7.46. The van der Waals surface area contributed by atoms with Crippen LogP contribution in [0.2, 0.25) is 0 Å². The number of ether oxygens (including phenoxy) is 1. The molecule has 2 fully saturated rings. The summed E-state index contributed by atoms with van der Waals surface area (Å²) in [4.78, 5) is 14.6. The molecule has 0 unspecified atom stereocenters. The Morgan fingerprint density at radius 3 is 2.27 bits per heavy atom.